The highest BCUT2D eigenvalue weighted by molar-refractivity contribution is 6.08. The first-order valence-corrected chi connectivity index (χ1v) is 12.3. The van der Waals surface area contributed by atoms with E-state index in [0.717, 1.165) is 26.3 Å². The largest absolute Gasteiger partial charge is 0.371 e. The van der Waals surface area contributed by atoms with Gasteiger partial charge in [0.1, 0.15) is 0 Å². The molecule has 33 heavy (non-hydrogen) atoms. The summed E-state index contributed by atoms with van der Waals surface area (Å²) < 4.78 is 10.6. The Hall–Kier alpha value is -2.88. The molecule has 0 N–H and O–H groups in total. The summed E-state index contributed by atoms with van der Waals surface area (Å²) >= 11 is 0. The van der Waals surface area contributed by atoms with Gasteiger partial charge in [0.2, 0.25) is 0 Å². The highest BCUT2D eigenvalue weighted by Gasteiger charge is 2.30. The van der Waals surface area contributed by atoms with E-state index in [1.165, 1.54) is 52.9 Å². The molecule has 0 saturated carbocycles. The maximum atomic E-state index is 5.28. The third-order valence-electron chi connectivity index (χ3n) is 7.03. The molecule has 2 fully saturated rings. The van der Waals surface area contributed by atoms with Crippen molar-refractivity contribution in [2.75, 3.05) is 31.2 Å². The van der Waals surface area contributed by atoms with Gasteiger partial charge in [-0.05, 0) is 70.5 Å². The Kier molecular flexibility index (Phi) is 5.75. The third-order valence-corrected chi connectivity index (χ3v) is 7.03. The lowest BCUT2D eigenvalue weighted by atomic mass is 9.86. The van der Waals surface area contributed by atoms with Crippen LogP contribution in [0.1, 0.15) is 24.0 Å². The molecule has 2 unspecified atom stereocenters. The normalized spacial score (nSPS) is 20.6. The molecule has 2 heterocycles. The smallest absolute Gasteiger partial charge is 0.0984 e. The average molecular weight is 438 g/mol. The van der Waals surface area contributed by atoms with Crippen LogP contribution in [0, 0.1) is 0 Å². The van der Waals surface area contributed by atoms with Crippen LogP contribution in [-0.2, 0) is 22.3 Å². The van der Waals surface area contributed by atoms with Crippen LogP contribution >= 0.6 is 0 Å². The molecule has 0 aromatic heterocycles. The molecule has 3 nitrogen and oxygen atoms in total. The Bertz CT molecular complexity index is 1230. The highest BCUT2D eigenvalue weighted by atomic mass is 16.6. The molecule has 4 aromatic rings. The summed E-state index contributed by atoms with van der Waals surface area (Å²) in [6.07, 6.45) is 6.08. The molecule has 2 aliphatic heterocycles. The number of anilines is 1. The topological polar surface area (TPSA) is 28.3 Å². The van der Waals surface area contributed by atoms with Crippen LogP contribution in [0.2, 0.25) is 0 Å². The van der Waals surface area contributed by atoms with E-state index >= 15 is 0 Å². The number of nitrogens with zero attached hydrogens (tertiary/aromatic N) is 1. The van der Waals surface area contributed by atoms with E-state index in [1.807, 2.05) is 6.07 Å². The highest BCUT2D eigenvalue weighted by Crippen LogP contribution is 2.33. The molecule has 0 radical (unpaired) electrons. The van der Waals surface area contributed by atoms with Gasteiger partial charge in [0.05, 0.1) is 25.4 Å². The molecular weight excluding hydrogens is 406 g/mol. The Morgan fingerprint density at radius 1 is 0.636 bits per heavy atom. The fourth-order valence-corrected chi connectivity index (χ4v) is 5.11. The van der Waals surface area contributed by atoms with Gasteiger partial charge in [-0.15, -0.1) is 0 Å². The molecule has 2 atom stereocenters. The summed E-state index contributed by atoms with van der Waals surface area (Å²) in [5.74, 6) is 0. The lowest BCUT2D eigenvalue weighted by Gasteiger charge is -2.23. The van der Waals surface area contributed by atoms with Gasteiger partial charge in [0, 0.05) is 18.8 Å². The minimum absolute atomic E-state index is 0.434. The summed E-state index contributed by atoms with van der Waals surface area (Å²) in [5, 5.41) is 5.64. The van der Waals surface area contributed by atoms with Crippen molar-refractivity contribution < 1.29 is 9.47 Å². The predicted molar refractivity (Wildman–Crippen MR) is 136 cm³/mol. The number of aryl methyl sites for hydroxylation is 2. The molecule has 168 valence electrons. The number of epoxide rings is 2. The molecule has 3 heteroatoms. The predicted octanol–water partition coefficient (Wildman–Crippen LogP) is 6.16. The zero-order valence-electron chi connectivity index (χ0n) is 19.1. The molecule has 4 aromatic carbocycles. The first-order chi connectivity index (χ1) is 16.3. The lowest BCUT2D eigenvalue weighted by molar-refractivity contribution is 0.389. The van der Waals surface area contributed by atoms with Crippen LogP contribution in [0.25, 0.3) is 21.5 Å². The van der Waals surface area contributed by atoms with Gasteiger partial charge in [-0.3, -0.25) is 0 Å². The van der Waals surface area contributed by atoms with E-state index < -0.39 is 0 Å². The number of ether oxygens (including phenoxy) is 2. The minimum atomic E-state index is 0.434. The van der Waals surface area contributed by atoms with Gasteiger partial charge in [-0.1, -0.05) is 66.7 Å². The van der Waals surface area contributed by atoms with E-state index in [-0.39, 0.29) is 0 Å². The number of fused-ring (bicyclic) bond motifs is 5. The van der Waals surface area contributed by atoms with Crippen molar-refractivity contribution in [3.8, 4) is 0 Å². The fraction of sp³-hybridized carbons (Fsp3) is 0.333. The second kappa shape index (κ2) is 9.17. The molecule has 0 amide bonds. The number of benzene rings is 4. The van der Waals surface area contributed by atoms with Gasteiger partial charge >= 0.3 is 0 Å². The van der Waals surface area contributed by atoms with E-state index in [9.17, 15) is 0 Å². The van der Waals surface area contributed by atoms with E-state index in [1.54, 1.807) is 11.1 Å². The average Bonchev–Trinajstić information content (AvgIpc) is 3.81. The maximum Gasteiger partial charge on any atom is 0.0984 e. The molecule has 1 aliphatic carbocycles. The van der Waals surface area contributed by atoms with Crippen molar-refractivity contribution in [2.45, 2.75) is 37.9 Å². The quantitative estimate of drug-likeness (QED) is 0.276. The van der Waals surface area contributed by atoms with E-state index in [0.29, 0.717) is 12.2 Å². The number of hydrogen-bond donors (Lipinski definition) is 0. The zero-order valence-corrected chi connectivity index (χ0v) is 19.1. The van der Waals surface area contributed by atoms with Crippen molar-refractivity contribution in [1.82, 2.24) is 0 Å². The fourth-order valence-electron chi connectivity index (χ4n) is 5.11. The molecule has 7 rings (SSSR count). The Labute approximate surface area is 195 Å². The Balaban J connectivity index is 0.000000127. The van der Waals surface area contributed by atoms with Crippen LogP contribution in [0.5, 0.6) is 0 Å². The van der Waals surface area contributed by atoms with Gasteiger partial charge in [0.25, 0.3) is 0 Å². The summed E-state index contributed by atoms with van der Waals surface area (Å²) in [7, 11) is 0. The molecule has 0 bridgehead atoms. The standard InChI is InChI=1S/C18H16.C12H15NO2/c1-3-7-15-13(5-1)9-11-18-16-8-4-2-6-14(16)10-12-17(15)18;1-2-4-10(5-3-1)13(6-11-8-14-11)7-12-9-15-12/h1,3,5,7,9-12H,2,4,6,8H2;1-5,11-12H,6-9H2. The van der Waals surface area contributed by atoms with Crippen molar-refractivity contribution in [2.24, 2.45) is 0 Å². The summed E-state index contributed by atoms with van der Waals surface area (Å²) in [6, 6.07) is 28.4. The van der Waals surface area contributed by atoms with Crippen LogP contribution in [0.4, 0.5) is 5.69 Å². The van der Waals surface area contributed by atoms with Crippen molar-refractivity contribution >= 4 is 27.2 Å². The summed E-state index contributed by atoms with van der Waals surface area (Å²) in [5.41, 5.74) is 4.44. The molecular formula is C30H31NO2. The molecule has 3 aliphatic rings. The monoisotopic (exact) mass is 437 g/mol. The van der Waals surface area contributed by atoms with Gasteiger partial charge in [-0.2, -0.15) is 0 Å². The minimum Gasteiger partial charge on any atom is -0.371 e. The van der Waals surface area contributed by atoms with Gasteiger partial charge in [-0.25, -0.2) is 0 Å². The van der Waals surface area contributed by atoms with Crippen molar-refractivity contribution in [1.29, 1.82) is 0 Å². The van der Waals surface area contributed by atoms with E-state index in [2.05, 4.69) is 77.7 Å². The third kappa shape index (κ3) is 4.75. The second-order valence-electron chi connectivity index (χ2n) is 9.44. The maximum absolute atomic E-state index is 5.28. The Morgan fingerprint density at radius 3 is 2.06 bits per heavy atom. The number of rotatable bonds is 5. The van der Waals surface area contributed by atoms with E-state index in [4.69, 9.17) is 9.47 Å². The first-order valence-electron chi connectivity index (χ1n) is 12.3. The van der Waals surface area contributed by atoms with Crippen LogP contribution in [0.3, 0.4) is 0 Å². The molecule has 0 spiro atoms. The van der Waals surface area contributed by atoms with Crippen LogP contribution < -0.4 is 4.90 Å². The van der Waals surface area contributed by atoms with Gasteiger partial charge < -0.3 is 14.4 Å². The van der Waals surface area contributed by atoms with Crippen molar-refractivity contribution in [3.05, 3.63) is 90.0 Å². The van der Waals surface area contributed by atoms with Gasteiger partial charge in [0.15, 0.2) is 0 Å². The van der Waals surface area contributed by atoms with Crippen LogP contribution in [-0.4, -0.2) is 38.5 Å². The van der Waals surface area contributed by atoms with Crippen LogP contribution in [0.15, 0.2) is 78.9 Å². The SMILES string of the molecule is c1ccc(N(CC2CO2)CC2CO2)cc1.c1ccc2c(c1)ccc1c3c(ccc12)CCCC3. The molecule has 2 saturated heterocycles. The number of para-hydroxylation sites is 1. The Morgan fingerprint density at radius 2 is 1.30 bits per heavy atom. The van der Waals surface area contributed by atoms with Crippen molar-refractivity contribution in [3.63, 3.8) is 0 Å². The first kappa shape index (κ1) is 20.7. The number of hydrogen-bond acceptors (Lipinski definition) is 3. The lowest BCUT2D eigenvalue weighted by Crippen LogP contribution is -2.31. The summed E-state index contributed by atoms with van der Waals surface area (Å²) in [4.78, 5) is 2.36. The second-order valence-corrected chi connectivity index (χ2v) is 9.44. The zero-order chi connectivity index (χ0) is 22.0. The summed E-state index contributed by atoms with van der Waals surface area (Å²) in [6.45, 7) is 3.80.